The van der Waals surface area contributed by atoms with E-state index in [4.69, 9.17) is 4.74 Å². The Morgan fingerprint density at radius 1 is 1.19 bits per heavy atom. The SMILES string of the molecule is C=CCN([C@H](/C=C/C)[C@H](C(=O)OC)c1ccc([N+](=O)[O-])cc1)S(=O)(=O)c1ccc(C)cc1. The molecule has 0 saturated carbocycles. The van der Waals surface area contributed by atoms with Gasteiger partial charge in [-0.05, 0) is 31.5 Å². The molecule has 0 saturated heterocycles. The van der Waals surface area contributed by atoms with Crippen molar-refractivity contribution in [3.63, 3.8) is 0 Å². The van der Waals surface area contributed by atoms with Gasteiger partial charge in [-0.15, -0.1) is 6.58 Å². The fourth-order valence-corrected chi connectivity index (χ4v) is 4.89. The number of nitrogens with zero attached hydrogens (tertiary/aromatic N) is 2. The van der Waals surface area contributed by atoms with Gasteiger partial charge >= 0.3 is 5.97 Å². The number of sulfonamides is 1. The van der Waals surface area contributed by atoms with Gasteiger partial charge in [-0.25, -0.2) is 8.42 Å². The molecule has 2 aromatic carbocycles. The number of benzene rings is 2. The number of carbonyl (C=O) groups is 1. The van der Waals surface area contributed by atoms with Crippen LogP contribution in [-0.4, -0.2) is 43.3 Å². The van der Waals surface area contributed by atoms with Crippen LogP contribution in [0, 0.1) is 17.0 Å². The van der Waals surface area contributed by atoms with Gasteiger partial charge in [-0.2, -0.15) is 4.31 Å². The summed E-state index contributed by atoms with van der Waals surface area (Å²) in [6.45, 7) is 7.17. The Morgan fingerprint density at radius 3 is 2.25 bits per heavy atom. The van der Waals surface area contributed by atoms with E-state index in [0.717, 1.165) is 5.56 Å². The van der Waals surface area contributed by atoms with E-state index in [1.807, 2.05) is 6.92 Å². The molecular weight excluding hydrogens is 432 g/mol. The molecule has 2 atom stereocenters. The second kappa shape index (κ2) is 10.8. The molecule has 0 heterocycles. The predicted octanol–water partition coefficient (Wildman–Crippen LogP) is 3.98. The maximum Gasteiger partial charge on any atom is 0.315 e. The van der Waals surface area contributed by atoms with Crippen LogP contribution in [0.2, 0.25) is 0 Å². The Bertz CT molecular complexity index is 1090. The van der Waals surface area contributed by atoms with Crippen LogP contribution in [0.1, 0.15) is 24.0 Å². The average molecular weight is 459 g/mol. The lowest BCUT2D eigenvalue weighted by Crippen LogP contribution is -2.45. The van der Waals surface area contributed by atoms with Crippen LogP contribution in [0.15, 0.2) is 78.2 Å². The smallest absolute Gasteiger partial charge is 0.315 e. The van der Waals surface area contributed by atoms with Crippen LogP contribution in [-0.2, 0) is 19.6 Å². The van der Waals surface area contributed by atoms with Crippen LogP contribution in [0.3, 0.4) is 0 Å². The first-order chi connectivity index (χ1) is 15.2. The van der Waals surface area contributed by atoms with Gasteiger partial charge in [0.1, 0.15) is 5.92 Å². The van der Waals surface area contributed by atoms with Gasteiger partial charge in [0, 0.05) is 18.7 Å². The third kappa shape index (κ3) is 5.49. The van der Waals surface area contributed by atoms with Gasteiger partial charge in [0.05, 0.1) is 23.0 Å². The quantitative estimate of drug-likeness (QED) is 0.231. The number of nitro benzene ring substituents is 1. The molecule has 9 heteroatoms. The molecule has 2 rings (SSSR count). The van der Waals surface area contributed by atoms with Gasteiger partial charge in [-0.3, -0.25) is 14.9 Å². The number of carbonyl (C=O) groups excluding carboxylic acids is 1. The topological polar surface area (TPSA) is 107 Å². The highest BCUT2D eigenvalue weighted by molar-refractivity contribution is 7.89. The first kappa shape index (κ1) is 25.0. The number of methoxy groups -OCH3 is 1. The molecule has 0 N–H and O–H groups in total. The van der Waals surface area contributed by atoms with Crippen molar-refractivity contribution >= 4 is 21.7 Å². The Morgan fingerprint density at radius 2 is 1.78 bits per heavy atom. The summed E-state index contributed by atoms with van der Waals surface area (Å²) < 4.78 is 33.2. The van der Waals surface area contributed by atoms with Crippen molar-refractivity contribution in [1.29, 1.82) is 0 Å². The van der Waals surface area contributed by atoms with E-state index in [-0.39, 0.29) is 17.1 Å². The van der Waals surface area contributed by atoms with E-state index in [1.54, 1.807) is 31.2 Å². The highest BCUT2D eigenvalue weighted by Gasteiger charge is 2.39. The van der Waals surface area contributed by atoms with Gasteiger partial charge in [-0.1, -0.05) is 48.1 Å². The number of hydrogen-bond acceptors (Lipinski definition) is 6. The Hall–Kier alpha value is -3.30. The zero-order valence-electron chi connectivity index (χ0n) is 18.2. The minimum Gasteiger partial charge on any atom is -0.468 e. The van der Waals surface area contributed by atoms with Crippen molar-refractivity contribution in [2.24, 2.45) is 0 Å². The molecule has 0 aliphatic rings. The van der Waals surface area contributed by atoms with Crippen LogP contribution in [0.5, 0.6) is 0 Å². The lowest BCUT2D eigenvalue weighted by Gasteiger charge is -2.33. The molecule has 8 nitrogen and oxygen atoms in total. The van der Waals surface area contributed by atoms with E-state index < -0.39 is 32.9 Å². The number of non-ortho nitro benzene ring substituents is 1. The van der Waals surface area contributed by atoms with Gasteiger partial charge in [0.2, 0.25) is 10.0 Å². The summed E-state index contributed by atoms with van der Waals surface area (Å²) in [5.41, 5.74) is 1.15. The van der Waals surface area contributed by atoms with Crippen molar-refractivity contribution in [2.75, 3.05) is 13.7 Å². The van der Waals surface area contributed by atoms with Gasteiger partial charge in [0.15, 0.2) is 0 Å². The lowest BCUT2D eigenvalue weighted by molar-refractivity contribution is -0.384. The first-order valence-electron chi connectivity index (χ1n) is 9.81. The second-order valence-electron chi connectivity index (χ2n) is 7.04. The molecular formula is C23H26N2O6S. The summed E-state index contributed by atoms with van der Waals surface area (Å²) in [4.78, 5) is 23.4. The third-order valence-electron chi connectivity index (χ3n) is 4.92. The molecule has 0 radical (unpaired) electrons. The van der Waals surface area contributed by atoms with Crippen LogP contribution >= 0.6 is 0 Å². The first-order valence-corrected chi connectivity index (χ1v) is 11.3. The van der Waals surface area contributed by atoms with Crippen molar-refractivity contribution in [3.05, 3.63) is 94.6 Å². The van der Waals surface area contributed by atoms with E-state index in [1.165, 1.54) is 53.9 Å². The molecule has 0 aliphatic carbocycles. The maximum atomic E-state index is 13.5. The van der Waals surface area contributed by atoms with E-state index in [2.05, 4.69) is 6.58 Å². The Labute approximate surface area is 188 Å². The van der Waals surface area contributed by atoms with Crippen molar-refractivity contribution in [3.8, 4) is 0 Å². The lowest BCUT2D eigenvalue weighted by atomic mass is 9.90. The molecule has 0 aromatic heterocycles. The molecule has 170 valence electrons. The molecule has 2 aromatic rings. The fourth-order valence-electron chi connectivity index (χ4n) is 3.33. The van der Waals surface area contributed by atoms with Crippen molar-refractivity contribution < 1.29 is 22.9 Å². The fraction of sp³-hybridized carbons (Fsp3) is 0.261. The molecule has 0 fully saturated rings. The van der Waals surface area contributed by atoms with Crippen LogP contribution in [0.4, 0.5) is 5.69 Å². The molecule has 0 aliphatic heterocycles. The monoisotopic (exact) mass is 458 g/mol. The number of esters is 1. The molecule has 32 heavy (non-hydrogen) atoms. The maximum absolute atomic E-state index is 13.5. The normalized spacial score (nSPS) is 13.6. The van der Waals surface area contributed by atoms with Gasteiger partial charge < -0.3 is 4.74 Å². The van der Waals surface area contributed by atoms with Gasteiger partial charge in [0.25, 0.3) is 5.69 Å². The summed E-state index contributed by atoms with van der Waals surface area (Å²) in [5, 5.41) is 11.0. The summed E-state index contributed by atoms with van der Waals surface area (Å²) in [6.07, 6.45) is 4.68. The minimum atomic E-state index is -4.02. The van der Waals surface area contributed by atoms with Crippen LogP contribution < -0.4 is 0 Å². The summed E-state index contributed by atoms with van der Waals surface area (Å²) in [5.74, 6) is -1.73. The standard InChI is InChI=1S/C23H26N2O6S/c1-5-7-21(22(23(26)31-4)18-10-12-19(13-11-18)25(27)28)24(16-6-2)32(29,30)20-14-8-17(3)9-15-20/h5-15,21-22H,2,16H2,1,3-4H3/b7-5+/t21-,22-/m1/s1. The molecule has 0 unspecified atom stereocenters. The highest BCUT2D eigenvalue weighted by atomic mass is 32.2. The summed E-state index contributed by atoms with van der Waals surface area (Å²) in [6, 6.07) is 10.8. The average Bonchev–Trinajstić information content (AvgIpc) is 2.77. The zero-order valence-corrected chi connectivity index (χ0v) is 19.0. The highest BCUT2D eigenvalue weighted by Crippen LogP contribution is 2.31. The van der Waals surface area contributed by atoms with E-state index in [0.29, 0.717) is 5.56 Å². The van der Waals surface area contributed by atoms with E-state index >= 15 is 0 Å². The number of rotatable bonds is 10. The zero-order chi connectivity index (χ0) is 23.9. The van der Waals surface area contributed by atoms with Crippen molar-refractivity contribution in [1.82, 2.24) is 4.31 Å². The molecule has 0 amide bonds. The number of ether oxygens (including phenoxy) is 1. The molecule has 0 spiro atoms. The van der Waals surface area contributed by atoms with Crippen LogP contribution in [0.25, 0.3) is 0 Å². The predicted molar refractivity (Wildman–Crippen MR) is 122 cm³/mol. The minimum absolute atomic E-state index is 0.0638. The Kier molecular flexibility index (Phi) is 8.45. The number of hydrogen-bond donors (Lipinski definition) is 0. The number of nitro groups is 1. The summed E-state index contributed by atoms with van der Waals surface area (Å²) in [7, 11) is -2.81. The number of aryl methyl sites for hydroxylation is 1. The Balaban J connectivity index is 2.66. The van der Waals surface area contributed by atoms with Crippen molar-refractivity contribution in [2.45, 2.75) is 30.7 Å². The number of allylic oxidation sites excluding steroid dienone is 1. The molecule has 0 bridgehead atoms. The summed E-state index contributed by atoms with van der Waals surface area (Å²) >= 11 is 0. The van der Waals surface area contributed by atoms with E-state index in [9.17, 15) is 23.3 Å². The largest absolute Gasteiger partial charge is 0.468 e. The second-order valence-corrected chi connectivity index (χ2v) is 8.93. The third-order valence-corrected chi connectivity index (χ3v) is 6.80.